The summed E-state index contributed by atoms with van der Waals surface area (Å²) in [7, 11) is -8.26. The van der Waals surface area contributed by atoms with E-state index < -0.39 is 41.8 Å². The van der Waals surface area contributed by atoms with Gasteiger partial charge < -0.3 is 37.1 Å². The van der Waals surface area contributed by atoms with E-state index in [1.807, 2.05) is 7.05 Å². The van der Waals surface area contributed by atoms with Crippen molar-refractivity contribution in [1.82, 2.24) is 28.0 Å². The number of nitrogen functional groups attached to an aromatic ring is 3. The highest BCUT2D eigenvalue weighted by atomic mass is 32.2. The predicted molar refractivity (Wildman–Crippen MR) is 217 cm³/mol. The number of benzene rings is 3. The first-order valence-corrected chi connectivity index (χ1v) is 22.5. The van der Waals surface area contributed by atoms with E-state index in [1.165, 1.54) is 29.9 Å². The minimum Gasteiger partial charge on any atom is -0.444 e. The summed E-state index contributed by atoms with van der Waals surface area (Å²) in [6, 6.07) is 18.8. The minimum atomic E-state index is -3.56. The Morgan fingerprint density at radius 3 is 1.16 bits per heavy atom. The molecule has 3 aromatic carbocycles. The molecule has 3 aliphatic heterocycles. The van der Waals surface area contributed by atoms with Crippen molar-refractivity contribution in [1.29, 1.82) is 0 Å². The maximum atomic E-state index is 12.6. The van der Waals surface area contributed by atoms with Gasteiger partial charge in [-0.3, -0.25) is 0 Å². The van der Waals surface area contributed by atoms with Crippen LogP contribution < -0.4 is 22.5 Å². The van der Waals surface area contributed by atoms with Crippen LogP contribution in [0.4, 0.5) is 21.9 Å². The number of piperazine rings is 3. The predicted octanol–water partition coefficient (Wildman–Crippen LogP) is 1.58. The number of anilines is 3. The molecule has 3 aliphatic rings. The number of carbonyl (C=O) groups excluding carboxylic acids is 1. The molecule has 0 atom stereocenters. The lowest BCUT2D eigenvalue weighted by molar-refractivity contribution is 0.0192. The number of carbonyl (C=O) groups is 1. The van der Waals surface area contributed by atoms with E-state index in [0.717, 1.165) is 13.1 Å². The number of hydrogen-bond donors (Lipinski definition) is 4. The van der Waals surface area contributed by atoms with Crippen molar-refractivity contribution in [2.75, 3.05) is 103 Å². The van der Waals surface area contributed by atoms with Crippen molar-refractivity contribution in [3.63, 3.8) is 0 Å². The van der Waals surface area contributed by atoms with Crippen LogP contribution in [0, 0.1) is 0 Å². The molecule has 0 aromatic heterocycles. The molecule has 0 saturated carbocycles. The molecule has 3 fully saturated rings. The van der Waals surface area contributed by atoms with Crippen molar-refractivity contribution in [3.8, 4) is 0 Å². The third-order valence-corrected chi connectivity index (χ3v) is 14.7. The van der Waals surface area contributed by atoms with Crippen LogP contribution in [0.25, 0.3) is 0 Å². The van der Waals surface area contributed by atoms with E-state index in [0.29, 0.717) is 79.2 Å². The number of nitrogens with two attached hydrogens (primary N) is 3. The summed E-state index contributed by atoms with van der Waals surface area (Å²) in [5.74, 6) is 0. The average Bonchev–Trinajstić information content (AvgIpc) is 3.16. The van der Waals surface area contributed by atoms with Gasteiger partial charge in [0.2, 0.25) is 30.1 Å². The Balaban J connectivity index is 0.000000190. The molecule has 1 amide bonds. The molecule has 0 unspecified atom stereocenters. The van der Waals surface area contributed by atoms with Crippen LogP contribution in [0.15, 0.2) is 87.5 Å². The van der Waals surface area contributed by atoms with Crippen LogP contribution in [0.3, 0.4) is 0 Å². The smallest absolute Gasteiger partial charge is 0.410 e. The zero-order valence-electron chi connectivity index (χ0n) is 32.4. The molecule has 0 aliphatic carbocycles. The van der Waals surface area contributed by atoms with Gasteiger partial charge in [-0.15, -0.1) is 0 Å². The fourth-order valence-corrected chi connectivity index (χ4v) is 10.0. The van der Waals surface area contributed by atoms with Gasteiger partial charge in [0.05, 0.1) is 14.7 Å². The molecule has 20 heteroatoms. The summed E-state index contributed by atoms with van der Waals surface area (Å²) in [4.78, 5) is 16.5. The number of nitrogens with one attached hydrogen (secondary N) is 1. The highest BCUT2D eigenvalue weighted by molar-refractivity contribution is 7.89. The highest BCUT2D eigenvalue weighted by Gasteiger charge is 2.32. The Bertz CT molecular complexity index is 2060. The van der Waals surface area contributed by atoms with Crippen LogP contribution in [0.2, 0.25) is 0 Å². The maximum absolute atomic E-state index is 12.6. The van der Waals surface area contributed by atoms with E-state index in [4.69, 9.17) is 21.9 Å². The topological polar surface area (TPSA) is 235 Å². The molecular formula is C36H55N9O8S3. The standard InChI is InChI=1S/C15H23N3O4S.C11H17N3O2S.C10H15N3O2S/c1-15(2,3)22-14(19)17-8-10-18(11-9-17)23(20,21)13-6-4-12(16)5-7-13;1-13-6-8-14(9-7-13)17(15,16)11-4-2-10(12)3-5-11;11-9-1-3-10(4-2-9)16(14,15)13-7-5-12-6-8-13/h4-7H,8-11,16H2,1-3H3;2-5H,6-9,12H2,1H3;1-4,12H,5-8,11H2. The Labute approximate surface area is 331 Å². The summed E-state index contributed by atoms with van der Waals surface area (Å²) < 4.78 is 83.7. The Morgan fingerprint density at radius 2 is 0.839 bits per heavy atom. The van der Waals surface area contributed by atoms with Crippen LogP contribution in [0.1, 0.15) is 20.8 Å². The highest BCUT2D eigenvalue weighted by Crippen LogP contribution is 2.21. The number of nitrogens with zero attached hydrogens (tertiary/aromatic N) is 5. The van der Waals surface area contributed by atoms with Crippen LogP contribution in [-0.2, 0) is 34.8 Å². The van der Waals surface area contributed by atoms with Gasteiger partial charge in [0.25, 0.3) is 0 Å². The minimum absolute atomic E-state index is 0.206. The van der Waals surface area contributed by atoms with Gasteiger partial charge in [0.1, 0.15) is 5.60 Å². The molecule has 3 saturated heterocycles. The lowest BCUT2D eigenvalue weighted by Crippen LogP contribution is -2.51. The Kier molecular flexibility index (Phi) is 15.1. The quantitative estimate of drug-likeness (QED) is 0.259. The summed E-state index contributed by atoms with van der Waals surface area (Å²) in [5, 5.41) is 3.12. The van der Waals surface area contributed by atoms with E-state index in [1.54, 1.807) is 81.4 Å². The fourth-order valence-electron chi connectivity index (χ4n) is 5.72. The number of likely N-dealkylation sites (N-methyl/N-ethyl adjacent to an activating group) is 1. The third-order valence-electron chi connectivity index (χ3n) is 8.98. The van der Waals surface area contributed by atoms with Gasteiger partial charge >= 0.3 is 6.09 Å². The summed E-state index contributed by atoms with van der Waals surface area (Å²) in [6.07, 6.45) is -0.415. The van der Waals surface area contributed by atoms with E-state index in [2.05, 4.69) is 10.2 Å². The van der Waals surface area contributed by atoms with Gasteiger partial charge in [-0.2, -0.15) is 12.9 Å². The second kappa shape index (κ2) is 18.9. The first-order valence-electron chi connectivity index (χ1n) is 18.1. The number of sulfonamides is 3. The Morgan fingerprint density at radius 1 is 0.536 bits per heavy atom. The lowest BCUT2D eigenvalue weighted by atomic mass is 10.2. The van der Waals surface area contributed by atoms with Gasteiger partial charge in [-0.05, 0) is 101 Å². The van der Waals surface area contributed by atoms with Gasteiger partial charge in [0, 0.05) is 95.6 Å². The zero-order chi connectivity index (χ0) is 41.3. The van der Waals surface area contributed by atoms with Gasteiger partial charge in [-0.25, -0.2) is 30.0 Å². The van der Waals surface area contributed by atoms with E-state index in [9.17, 15) is 30.0 Å². The van der Waals surface area contributed by atoms with Crippen molar-refractivity contribution < 1.29 is 34.8 Å². The molecule has 0 radical (unpaired) electrons. The normalized spacial score (nSPS) is 18.2. The van der Waals surface area contributed by atoms with Crippen LogP contribution in [-0.4, -0.2) is 145 Å². The molecular weight excluding hydrogens is 783 g/mol. The Hall–Kier alpha value is -4.02. The van der Waals surface area contributed by atoms with Crippen molar-refractivity contribution in [3.05, 3.63) is 72.8 Å². The largest absolute Gasteiger partial charge is 0.444 e. The SMILES string of the molecule is CC(C)(C)OC(=O)N1CCN(S(=O)(=O)c2ccc(N)cc2)CC1.CN1CCN(S(=O)(=O)c2ccc(N)cc2)CC1.Nc1ccc(S(=O)(=O)N2CCNCC2)cc1. The molecule has 17 nitrogen and oxygen atoms in total. The average molecular weight is 838 g/mol. The second-order valence-corrected chi connectivity index (χ2v) is 20.3. The van der Waals surface area contributed by atoms with E-state index in [-0.39, 0.29) is 18.0 Å². The number of amides is 1. The lowest BCUT2D eigenvalue weighted by Gasteiger charge is -2.34. The molecule has 0 spiro atoms. The molecule has 0 bridgehead atoms. The number of rotatable bonds is 6. The van der Waals surface area contributed by atoms with E-state index >= 15 is 0 Å². The fraction of sp³-hybridized carbons (Fsp3) is 0.472. The molecule has 6 rings (SSSR count). The van der Waals surface area contributed by atoms with Crippen LogP contribution in [0.5, 0.6) is 0 Å². The third kappa shape index (κ3) is 12.2. The molecule has 56 heavy (non-hydrogen) atoms. The van der Waals surface area contributed by atoms with Crippen LogP contribution >= 0.6 is 0 Å². The number of ether oxygens (including phenoxy) is 1. The van der Waals surface area contributed by atoms with Crippen molar-refractivity contribution in [2.24, 2.45) is 0 Å². The first-order chi connectivity index (χ1) is 26.2. The maximum Gasteiger partial charge on any atom is 0.410 e. The molecule has 7 N–H and O–H groups in total. The monoisotopic (exact) mass is 837 g/mol. The summed E-state index contributed by atoms with van der Waals surface area (Å²) in [5.41, 5.74) is 17.8. The second-order valence-electron chi connectivity index (χ2n) is 14.4. The molecule has 310 valence electrons. The molecule has 3 aromatic rings. The summed E-state index contributed by atoms with van der Waals surface area (Å²) in [6.45, 7) is 11.6. The van der Waals surface area contributed by atoms with Crippen molar-refractivity contribution >= 4 is 53.2 Å². The van der Waals surface area contributed by atoms with Gasteiger partial charge in [-0.1, -0.05) is 0 Å². The molecule has 3 heterocycles. The first kappa shape index (κ1) is 44.7. The van der Waals surface area contributed by atoms with Crippen molar-refractivity contribution in [2.45, 2.75) is 41.1 Å². The zero-order valence-corrected chi connectivity index (χ0v) is 34.8. The van der Waals surface area contributed by atoms with Gasteiger partial charge in [0.15, 0.2) is 0 Å². The summed E-state index contributed by atoms with van der Waals surface area (Å²) >= 11 is 0. The number of hydrogen-bond acceptors (Lipinski definition) is 13.